The Bertz CT molecular complexity index is 1120. The van der Waals surface area contributed by atoms with E-state index in [1.165, 1.54) is 0 Å². The average Bonchev–Trinajstić information content (AvgIpc) is 3.28. The molecule has 1 aliphatic heterocycles. The van der Waals surface area contributed by atoms with Gasteiger partial charge in [-0.25, -0.2) is 10.4 Å². The van der Waals surface area contributed by atoms with Gasteiger partial charge >= 0.3 is 6.18 Å². The van der Waals surface area contributed by atoms with Crippen LogP contribution < -0.4 is 15.6 Å². The number of nitrogens with zero attached hydrogens (tertiary/aromatic N) is 4. The number of alkyl halides is 3. The molecule has 0 saturated carbocycles. The molecular weight excluding hydrogens is 481 g/mol. The Hall–Kier alpha value is -3.80. The molecule has 0 fully saturated rings. The highest BCUT2D eigenvalue weighted by atomic mass is 19.4. The molecule has 1 amide bonds. The van der Waals surface area contributed by atoms with Crippen LogP contribution in [-0.4, -0.2) is 55.0 Å². The van der Waals surface area contributed by atoms with Crippen molar-refractivity contribution in [2.45, 2.75) is 31.1 Å². The van der Waals surface area contributed by atoms with Gasteiger partial charge in [0.25, 0.3) is 5.91 Å². The number of halogens is 3. The zero-order valence-corrected chi connectivity index (χ0v) is 19.2. The quantitative estimate of drug-likeness (QED) is 0.133. The van der Waals surface area contributed by atoms with Crippen LogP contribution in [0, 0.1) is 0 Å². The van der Waals surface area contributed by atoms with E-state index in [0.717, 1.165) is 0 Å². The number of carbonyl (C=O) groups excluding carboxylic acids is 1. The summed E-state index contributed by atoms with van der Waals surface area (Å²) < 4.78 is 49.0. The lowest BCUT2D eigenvalue weighted by Crippen LogP contribution is -2.54. The Labute approximate surface area is 204 Å². The van der Waals surface area contributed by atoms with Gasteiger partial charge in [0.15, 0.2) is 5.54 Å². The lowest BCUT2D eigenvalue weighted by atomic mass is 9.89. The van der Waals surface area contributed by atoms with Crippen LogP contribution in [-0.2, 0) is 22.5 Å². The van der Waals surface area contributed by atoms with Crippen molar-refractivity contribution in [1.82, 2.24) is 10.9 Å². The van der Waals surface area contributed by atoms with Gasteiger partial charge in [-0.2, -0.15) is 13.2 Å². The SMILES string of the molecule is [N-]=[N+]=NCc1ccccc1C[C@@]1(C(=O)NNCC(F)(F)F)COC(c2ccc(OCCCO)cc2)=N1. The summed E-state index contributed by atoms with van der Waals surface area (Å²) in [5, 5.41) is 12.4. The summed E-state index contributed by atoms with van der Waals surface area (Å²) in [6, 6.07) is 13.7. The van der Waals surface area contributed by atoms with E-state index in [0.29, 0.717) is 35.5 Å². The highest BCUT2D eigenvalue weighted by Gasteiger charge is 2.45. The first-order chi connectivity index (χ1) is 17.3. The van der Waals surface area contributed by atoms with Gasteiger partial charge < -0.3 is 14.6 Å². The second kappa shape index (κ2) is 12.2. The molecule has 10 nitrogen and oxygen atoms in total. The minimum absolute atomic E-state index is 0.00446. The van der Waals surface area contributed by atoms with Crippen molar-refractivity contribution in [3.8, 4) is 5.75 Å². The third kappa shape index (κ3) is 7.35. The Morgan fingerprint density at radius 2 is 1.94 bits per heavy atom. The number of aliphatic imine (C=N–C) groups is 1. The molecule has 3 N–H and O–H groups in total. The number of aliphatic hydroxyl groups is 1. The van der Waals surface area contributed by atoms with E-state index >= 15 is 0 Å². The first-order valence-corrected chi connectivity index (χ1v) is 11.0. The lowest BCUT2D eigenvalue weighted by molar-refractivity contribution is -0.135. The summed E-state index contributed by atoms with van der Waals surface area (Å²) in [5.41, 5.74) is 12.9. The number of benzene rings is 2. The van der Waals surface area contributed by atoms with E-state index in [-0.39, 0.29) is 32.1 Å². The van der Waals surface area contributed by atoms with Gasteiger partial charge in [-0.1, -0.05) is 29.4 Å². The number of hydrogen-bond donors (Lipinski definition) is 3. The van der Waals surface area contributed by atoms with Crippen molar-refractivity contribution in [3.05, 3.63) is 75.7 Å². The Morgan fingerprint density at radius 3 is 2.61 bits per heavy atom. The molecule has 1 aliphatic rings. The third-order valence-corrected chi connectivity index (χ3v) is 5.25. The fourth-order valence-electron chi connectivity index (χ4n) is 3.48. The predicted molar refractivity (Wildman–Crippen MR) is 124 cm³/mol. The van der Waals surface area contributed by atoms with Crippen molar-refractivity contribution in [3.63, 3.8) is 0 Å². The molecule has 0 spiro atoms. The summed E-state index contributed by atoms with van der Waals surface area (Å²) in [4.78, 5) is 20.4. The maximum Gasteiger partial charge on any atom is 0.402 e. The van der Waals surface area contributed by atoms with Crippen molar-refractivity contribution >= 4 is 11.8 Å². The van der Waals surface area contributed by atoms with Gasteiger partial charge in [-0.05, 0) is 40.9 Å². The van der Waals surface area contributed by atoms with Crippen LogP contribution in [0.4, 0.5) is 13.2 Å². The van der Waals surface area contributed by atoms with Crippen LogP contribution in [0.2, 0.25) is 0 Å². The second-order valence-electron chi connectivity index (χ2n) is 7.94. The number of hydrazine groups is 1. The molecule has 192 valence electrons. The monoisotopic (exact) mass is 506 g/mol. The number of aliphatic hydroxyl groups excluding tert-OH is 1. The van der Waals surface area contributed by atoms with Gasteiger partial charge in [0.2, 0.25) is 5.90 Å². The van der Waals surface area contributed by atoms with Crippen molar-refractivity contribution < 1.29 is 32.5 Å². The van der Waals surface area contributed by atoms with Crippen LogP contribution in [0.3, 0.4) is 0 Å². The zero-order chi connectivity index (χ0) is 26.0. The normalized spacial score (nSPS) is 17.1. The fraction of sp³-hybridized carbons (Fsp3) is 0.391. The topological polar surface area (TPSA) is 141 Å². The molecule has 0 aliphatic carbocycles. The number of rotatable bonds is 12. The van der Waals surface area contributed by atoms with Gasteiger partial charge in [0.05, 0.1) is 13.2 Å². The molecule has 36 heavy (non-hydrogen) atoms. The number of amides is 1. The molecule has 1 atom stereocenters. The van der Waals surface area contributed by atoms with Gasteiger partial charge in [0.1, 0.15) is 18.9 Å². The standard InChI is InChI=1S/C23H25F3N6O4/c24-23(25,26)14-29-31-21(34)22(12-17-4-1-2-5-18(17)13-28-32-27)15-36-20(30-22)16-6-8-19(9-7-16)35-11-3-10-33/h1-2,4-9,29,33H,3,10-15H2,(H,31,34)/t22-/m0/s1. The molecule has 0 aromatic heterocycles. The van der Waals surface area contributed by atoms with Crippen LogP contribution in [0.1, 0.15) is 23.1 Å². The summed E-state index contributed by atoms with van der Waals surface area (Å²) >= 11 is 0. The molecule has 3 rings (SSSR count). The highest BCUT2D eigenvalue weighted by molar-refractivity contribution is 6.00. The molecule has 1 heterocycles. The van der Waals surface area contributed by atoms with E-state index < -0.39 is 24.2 Å². The summed E-state index contributed by atoms with van der Waals surface area (Å²) in [6.07, 6.45) is -4.04. The lowest BCUT2D eigenvalue weighted by Gasteiger charge is -2.24. The van der Waals surface area contributed by atoms with E-state index in [2.05, 4.69) is 20.4 Å². The van der Waals surface area contributed by atoms with Crippen molar-refractivity contribution in [1.29, 1.82) is 0 Å². The third-order valence-electron chi connectivity index (χ3n) is 5.25. The number of carbonyl (C=O) groups is 1. The zero-order valence-electron chi connectivity index (χ0n) is 19.2. The first-order valence-electron chi connectivity index (χ1n) is 11.0. The molecule has 0 bridgehead atoms. The van der Waals surface area contributed by atoms with E-state index in [9.17, 15) is 18.0 Å². The summed E-state index contributed by atoms with van der Waals surface area (Å²) in [7, 11) is 0. The minimum atomic E-state index is -4.52. The predicted octanol–water partition coefficient (Wildman–Crippen LogP) is 3.20. The Morgan fingerprint density at radius 1 is 1.22 bits per heavy atom. The minimum Gasteiger partial charge on any atom is -0.494 e. The molecule has 0 unspecified atom stereocenters. The van der Waals surface area contributed by atoms with Crippen LogP contribution >= 0.6 is 0 Å². The van der Waals surface area contributed by atoms with Gasteiger partial charge in [-0.15, -0.1) is 0 Å². The molecular formula is C23H25F3N6O4. The summed E-state index contributed by atoms with van der Waals surface area (Å²) in [6.45, 7) is -1.25. The van der Waals surface area contributed by atoms with E-state index in [1.54, 1.807) is 48.5 Å². The molecule has 0 saturated heterocycles. The number of ether oxygens (including phenoxy) is 2. The van der Waals surface area contributed by atoms with E-state index in [1.807, 2.05) is 5.43 Å². The fourth-order valence-corrected chi connectivity index (χ4v) is 3.48. The Balaban J connectivity index is 1.87. The summed E-state index contributed by atoms with van der Waals surface area (Å²) in [5.74, 6) is -0.0853. The first kappa shape index (κ1) is 26.8. The van der Waals surface area contributed by atoms with Crippen molar-refractivity contribution in [2.24, 2.45) is 10.1 Å². The molecule has 2 aromatic carbocycles. The Kier molecular flexibility index (Phi) is 9.12. The average molecular weight is 506 g/mol. The molecule has 0 radical (unpaired) electrons. The van der Waals surface area contributed by atoms with Crippen LogP contribution in [0.15, 0.2) is 58.6 Å². The van der Waals surface area contributed by atoms with Crippen molar-refractivity contribution in [2.75, 3.05) is 26.4 Å². The number of azide groups is 1. The van der Waals surface area contributed by atoms with Gasteiger partial charge in [-0.3, -0.25) is 10.2 Å². The van der Waals surface area contributed by atoms with Gasteiger partial charge in [0, 0.05) is 29.9 Å². The number of hydrogen-bond acceptors (Lipinski definition) is 7. The number of nitrogens with one attached hydrogen (secondary N) is 2. The maximum absolute atomic E-state index is 13.1. The van der Waals surface area contributed by atoms with Crippen LogP contribution in [0.25, 0.3) is 10.4 Å². The highest BCUT2D eigenvalue weighted by Crippen LogP contribution is 2.29. The maximum atomic E-state index is 13.1. The second-order valence-corrected chi connectivity index (χ2v) is 7.94. The molecule has 13 heteroatoms. The smallest absolute Gasteiger partial charge is 0.402 e. The van der Waals surface area contributed by atoms with Crippen LogP contribution in [0.5, 0.6) is 5.75 Å². The van der Waals surface area contributed by atoms with E-state index in [4.69, 9.17) is 20.1 Å². The molecule has 2 aromatic rings. The largest absolute Gasteiger partial charge is 0.494 e.